The summed E-state index contributed by atoms with van der Waals surface area (Å²) in [7, 11) is 0. The fourth-order valence-electron chi connectivity index (χ4n) is 3.18. The number of hydrogen-bond donors (Lipinski definition) is 0. The highest BCUT2D eigenvalue weighted by Crippen LogP contribution is 2.16. The molecule has 1 aromatic heterocycles. The van der Waals surface area contributed by atoms with Gasteiger partial charge in [-0.2, -0.15) is 18.2 Å². The van der Waals surface area contributed by atoms with Crippen molar-refractivity contribution in [1.82, 2.24) is 4.57 Å². The van der Waals surface area contributed by atoms with Crippen LogP contribution in [0.2, 0.25) is 0 Å². The van der Waals surface area contributed by atoms with E-state index in [0.29, 0.717) is 6.54 Å². The maximum Gasteiger partial charge on any atom is 0.473 e. The van der Waals surface area contributed by atoms with Crippen molar-refractivity contribution in [3.63, 3.8) is 0 Å². The predicted octanol–water partition coefficient (Wildman–Crippen LogP) is 7.02. The van der Waals surface area contributed by atoms with Crippen LogP contribution in [-0.4, -0.2) is 16.7 Å². The molecule has 1 rings (SSSR count). The van der Waals surface area contributed by atoms with Crippen molar-refractivity contribution in [2.45, 2.75) is 110 Å². The van der Waals surface area contributed by atoms with E-state index in [1.165, 1.54) is 70.6 Å². The maximum atomic E-state index is 12.3. The molecule has 0 spiro atoms. The number of aromatic nitrogens is 1. The van der Waals surface area contributed by atoms with Gasteiger partial charge in [-0.1, -0.05) is 90.4 Å². The standard InChI is InChI=1S/C21H35F3N2OS/c1-2-3-4-5-6-7-8-9-10-11-12-13-14-15-16-26-17-18-28-20(26)25-19(27)21(22,23)24/h17-18H,2-16H2,1H3. The molecule has 1 heterocycles. The number of thiazole rings is 1. The highest BCUT2D eigenvalue weighted by Gasteiger charge is 2.38. The zero-order valence-electron chi connectivity index (χ0n) is 17.1. The Balaban J connectivity index is 2.04. The van der Waals surface area contributed by atoms with E-state index in [-0.39, 0.29) is 4.80 Å². The molecule has 28 heavy (non-hydrogen) atoms. The Morgan fingerprint density at radius 3 is 1.82 bits per heavy atom. The van der Waals surface area contributed by atoms with E-state index >= 15 is 0 Å². The number of alkyl halides is 3. The van der Waals surface area contributed by atoms with Crippen molar-refractivity contribution in [3.05, 3.63) is 16.4 Å². The van der Waals surface area contributed by atoms with Gasteiger partial charge in [-0.05, 0) is 6.42 Å². The first kappa shape index (κ1) is 24.9. The average Bonchev–Trinajstić information content (AvgIpc) is 3.08. The van der Waals surface area contributed by atoms with Crippen molar-refractivity contribution in [2.75, 3.05) is 0 Å². The molecule has 0 radical (unpaired) electrons. The van der Waals surface area contributed by atoms with Gasteiger partial charge in [0.25, 0.3) is 0 Å². The van der Waals surface area contributed by atoms with Gasteiger partial charge in [0.15, 0.2) is 4.80 Å². The normalized spacial score (nSPS) is 12.6. The van der Waals surface area contributed by atoms with E-state index in [9.17, 15) is 18.0 Å². The number of amides is 1. The molecular formula is C21H35F3N2OS. The van der Waals surface area contributed by atoms with E-state index in [1.807, 2.05) is 0 Å². The Kier molecular flexibility index (Phi) is 13.2. The number of hydrogen-bond acceptors (Lipinski definition) is 2. The number of halogens is 3. The second kappa shape index (κ2) is 14.8. The van der Waals surface area contributed by atoms with E-state index in [4.69, 9.17) is 0 Å². The second-order valence-corrected chi connectivity index (χ2v) is 8.26. The lowest BCUT2D eigenvalue weighted by atomic mass is 10.0. The Morgan fingerprint density at radius 1 is 0.893 bits per heavy atom. The van der Waals surface area contributed by atoms with Crippen LogP contribution >= 0.6 is 11.3 Å². The molecule has 162 valence electrons. The molecule has 0 aliphatic rings. The molecule has 0 aliphatic heterocycles. The van der Waals surface area contributed by atoms with Gasteiger partial charge >= 0.3 is 12.1 Å². The summed E-state index contributed by atoms with van der Waals surface area (Å²) in [6, 6.07) is 0. The van der Waals surface area contributed by atoms with Gasteiger partial charge < -0.3 is 4.57 Å². The second-order valence-electron chi connectivity index (χ2n) is 7.39. The van der Waals surface area contributed by atoms with Gasteiger partial charge in [0.1, 0.15) is 0 Å². The third kappa shape index (κ3) is 11.7. The molecule has 1 aromatic rings. The van der Waals surface area contributed by atoms with Gasteiger partial charge in [-0.3, -0.25) is 4.79 Å². The zero-order chi connectivity index (χ0) is 20.7. The first-order valence-corrected chi connectivity index (χ1v) is 11.6. The number of rotatable bonds is 15. The van der Waals surface area contributed by atoms with Gasteiger partial charge in [0.05, 0.1) is 0 Å². The van der Waals surface area contributed by atoms with Gasteiger partial charge in [-0.25, -0.2) is 0 Å². The number of nitrogens with zero attached hydrogens (tertiary/aromatic N) is 2. The van der Waals surface area contributed by atoms with Crippen LogP contribution in [0.15, 0.2) is 16.6 Å². The molecule has 0 aromatic carbocycles. The van der Waals surface area contributed by atoms with Crippen molar-refractivity contribution in [2.24, 2.45) is 4.99 Å². The molecule has 0 saturated heterocycles. The molecule has 7 heteroatoms. The molecule has 0 aliphatic carbocycles. The van der Waals surface area contributed by atoms with Crippen LogP contribution in [0.5, 0.6) is 0 Å². The average molecular weight is 421 g/mol. The van der Waals surface area contributed by atoms with Crippen molar-refractivity contribution < 1.29 is 18.0 Å². The minimum absolute atomic E-state index is 0.122. The van der Waals surface area contributed by atoms with Crippen LogP contribution in [0.25, 0.3) is 0 Å². The molecule has 0 bridgehead atoms. The summed E-state index contributed by atoms with van der Waals surface area (Å²) >= 11 is 1.06. The van der Waals surface area contributed by atoms with Crippen molar-refractivity contribution in [3.8, 4) is 0 Å². The minimum atomic E-state index is -4.91. The summed E-state index contributed by atoms with van der Waals surface area (Å²) in [5, 5.41) is 1.66. The summed E-state index contributed by atoms with van der Waals surface area (Å²) in [6.45, 7) is 2.85. The van der Waals surface area contributed by atoms with Gasteiger partial charge in [0, 0.05) is 18.1 Å². The molecule has 0 fully saturated rings. The lowest BCUT2D eigenvalue weighted by molar-refractivity contribution is -0.169. The summed E-state index contributed by atoms with van der Waals surface area (Å²) < 4.78 is 38.6. The van der Waals surface area contributed by atoms with E-state index in [2.05, 4.69) is 11.9 Å². The van der Waals surface area contributed by atoms with Crippen molar-refractivity contribution in [1.29, 1.82) is 0 Å². The highest BCUT2D eigenvalue weighted by molar-refractivity contribution is 7.07. The Labute approximate surface area is 171 Å². The van der Waals surface area contributed by atoms with E-state index in [0.717, 1.165) is 30.6 Å². The summed E-state index contributed by atoms with van der Waals surface area (Å²) in [5.74, 6) is -2.04. The summed E-state index contributed by atoms with van der Waals surface area (Å²) in [4.78, 5) is 14.3. The van der Waals surface area contributed by atoms with Crippen LogP contribution in [-0.2, 0) is 11.3 Å². The fourth-order valence-corrected chi connectivity index (χ4v) is 3.94. The Morgan fingerprint density at radius 2 is 1.36 bits per heavy atom. The smallest absolute Gasteiger partial charge is 0.324 e. The molecule has 3 nitrogen and oxygen atoms in total. The quantitative estimate of drug-likeness (QED) is 0.281. The van der Waals surface area contributed by atoms with E-state index in [1.54, 1.807) is 16.1 Å². The topological polar surface area (TPSA) is 34.4 Å². The number of unbranched alkanes of at least 4 members (excludes halogenated alkanes) is 13. The third-order valence-corrected chi connectivity index (χ3v) is 5.65. The lowest BCUT2D eigenvalue weighted by Crippen LogP contribution is -2.25. The Hall–Kier alpha value is -1.11. The molecule has 0 saturated carbocycles. The predicted molar refractivity (Wildman–Crippen MR) is 109 cm³/mol. The summed E-state index contributed by atoms with van der Waals surface area (Å²) in [5.41, 5.74) is 0. The van der Waals surface area contributed by atoms with Crippen LogP contribution in [0.1, 0.15) is 96.8 Å². The molecular weight excluding hydrogens is 385 g/mol. The van der Waals surface area contributed by atoms with Gasteiger partial charge in [-0.15, -0.1) is 11.3 Å². The lowest BCUT2D eigenvalue weighted by Gasteiger charge is -2.05. The number of carbonyl (C=O) groups is 1. The number of carbonyl (C=O) groups excluding carboxylic acids is 1. The van der Waals surface area contributed by atoms with Gasteiger partial charge in [0.2, 0.25) is 0 Å². The van der Waals surface area contributed by atoms with Crippen LogP contribution in [0.3, 0.4) is 0 Å². The van der Waals surface area contributed by atoms with Crippen LogP contribution < -0.4 is 4.80 Å². The minimum Gasteiger partial charge on any atom is -0.324 e. The number of aryl methyl sites for hydroxylation is 1. The summed E-state index contributed by atoms with van der Waals surface area (Å²) in [6.07, 6.45) is 14.5. The molecule has 0 unspecified atom stereocenters. The molecule has 0 N–H and O–H groups in total. The molecule has 0 atom stereocenters. The van der Waals surface area contributed by atoms with Crippen LogP contribution in [0.4, 0.5) is 13.2 Å². The largest absolute Gasteiger partial charge is 0.473 e. The molecule has 1 amide bonds. The maximum absolute atomic E-state index is 12.3. The van der Waals surface area contributed by atoms with Crippen molar-refractivity contribution >= 4 is 17.2 Å². The van der Waals surface area contributed by atoms with Crippen LogP contribution in [0, 0.1) is 0 Å². The fraction of sp³-hybridized carbons (Fsp3) is 0.810. The first-order valence-electron chi connectivity index (χ1n) is 10.7. The Bertz CT molecular complexity index is 593. The first-order chi connectivity index (χ1) is 13.4. The third-order valence-electron chi connectivity index (χ3n) is 4.85. The SMILES string of the molecule is CCCCCCCCCCCCCCCCn1ccsc1=NC(=O)C(F)(F)F. The zero-order valence-corrected chi connectivity index (χ0v) is 17.9. The van der Waals surface area contributed by atoms with E-state index < -0.39 is 12.1 Å². The monoisotopic (exact) mass is 420 g/mol. The highest BCUT2D eigenvalue weighted by atomic mass is 32.1.